The van der Waals surface area contributed by atoms with Gasteiger partial charge in [-0.1, -0.05) is 67.3 Å². The van der Waals surface area contributed by atoms with Crippen LogP contribution in [-0.2, 0) is 32.5 Å². The third-order valence-corrected chi connectivity index (χ3v) is 9.35. The van der Waals surface area contributed by atoms with Crippen molar-refractivity contribution in [2.24, 2.45) is 5.92 Å². The number of para-hydroxylation sites is 2. The van der Waals surface area contributed by atoms with Crippen molar-refractivity contribution in [3.05, 3.63) is 74.7 Å². The average molecular weight is 548 g/mol. The van der Waals surface area contributed by atoms with E-state index in [1.807, 2.05) is 0 Å². The number of rotatable bonds is 4. The monoisotopic (exact) mass is 547 g/mol. The molecule has 1 aromatic heterocycles. The number of halogens is 3. The van der Waals surface area contributed by atoms with Crippen LogP contribution in [0.1, 0.15) is 24.3 Å². The molecule has 2 aromatic carbocycles. The summed E-state index contributed by atoms with van der Waals surface area (Å²) in [6.07, 6.45) is -4.67. The van der Waals surface area contributed by atoms with Gasteiger partial charge in [0.2, 0.25) is 17.7 Å². The van der Waals surface area contributed by atoms with E-state index in [2.05, 4.69) is 5.32 Å². The zero-order chi connectivity index (χ0) is 26.7. The fourth-order valence-electron chi connectivity index (χ4n) is 4.77. The number of carbonyl (C=O) groups is 3. The molecular weight excluding hydrogens is 527 g/mol. The van der Waals surface area contributed by atoms with Gasteiger partial charge in [-0.05, 0) is 24.3 Å². The zero-order valence-corrected chi connectivity index (χ0v) is 21.2. The first-order chi connectivity index (χ1) is 17.4. The Kier molecular flexibility index (Phi) is 6.06. The van der Waals surface area contributed by atoms with Crippen molar-refractivity contribution < 1.29 is 27.6 Å². The van der Waals surface area contributed by atoms with E-state index in [0.29, 0.717) is 15.6 Å². The number of benzene rings is 2. The molecule has 3 heterocycles. The predicted molar refractivity (Wildman–Crippen MR) is 134 cm³/mol. The molecule has 2 aliphatic heterocycles. The summed E-state index contributed by atoms with van der Waals surface area (Å²) in [4.78, 5) is 53.7. The quantitative estimate of drug-likeness (QED) is 0.486. The lowest BCUT2D eigenvalue weighted by Gasteiger charge is -2.36. The molecule has 1 fully saturated rings. The van der Waals surface area contributed by atoms with Crippen LogP contribution >= 0.6 is 23.1 Å². The molecule has 1 N–H and O–H groups in total. The first-order valence-corrected chi connectivity index (χ1v) is 12.9. The summed E-state index contributed by atoms with van der Waals surface area (Å²) in [7, 11) is 0. The van der Waals surface area contributed by atoms with Crippen molar-refractivity contribution in [3.63, 3.8) is 0 Å². The van der Waals surface area contributed by atoms with Crippen molar-refractivity contribution in [2.75, 3.05) is 10.2 Å². The lowest BCUT2D eigenvalue weighted by molar-refractivity contribution is -0.137. The van der Waals surface area contributed by atoms with Gasteiger partial charge in [0.05, 0.1) is 27.9 Å². The largest absolute Gasteiger partial charge is 0.418 e. The number of alkyl halides is 3. The van der Waals surface area contributed by atoms with Gasteiger partial charge in [0.15, 0.2) is 0 Å². The number of amides is 3. The van der Waals surface area contributed by atoms with Crippen LogP contribution in [0.5, 0.6) is 0 Å². The average Bonchev–Trinajstić information content (AvgIpc) is 3.28. The van der Waals surface area contributed by atoms with E-state index < -0.39 is 57.2 Å². The third-order valence-electron chi connectivity index (χ3n) is 6.53. The fraction of sp³-hybridized carbons (Fsp3) is 0.280. The number of anilines is 2. The molecule has 12 heteroatoms. The van der Waals surface area contributed by atoms with Crippen molar-refractivity contribution in [2.45, 2.75) is 42.3 Å². The maximum atomic E-state index is 13.4. The Morgan fingerprint density at radius 3 is 2.32 bits per heavy atom. The third kappa shape index (κ3) is 4.17. The molecule has 5 rings (SSSR count). The van der Waals surface area contributed by atoms with Crippen molar-refractivity contribution in [1.29, 1.82) is 0 Å². The molecule has 37 heavy (non-hydrogen) atoms. The van der Waals surface area contributed by atoms with Crippen LogP contribution < -0.4 is 15.1 Å². The van der Waals surface area contributed by atoms with E-state index in [1.165, 1.54) is 12.1 Å². The second-order valence-corrected chi connectivity index (χ2v) is 11.4. The summed E-state index contributed by atoms with van der Waals surface area (Å²) in [5.74, 6) is -2.33. The number of nitrogens with one attached hydrogen (secondary N) is 1. The smallest absolute Gasteiger partial charge is 0.324 e. The van der Waals surface area contributed by atoms with Gasteiger partial charge in [-0.3, -0.25) is 23.7 Å². The van der Waals surface area contributed by atoms with E-state index in [-0.39, 0.29) is 5.91 Å². The number of thiazole rings is 1. The van der Waals surface area contributed by atoms with Crippen LogP contribution in [0.3, 0.4) is 0 Å². The summed E-state index contributed by atoms with van der Waals surface area (Å²) in [6.45, 7) is 3.02. The highest BCUT2D eigenvalue weighted by atomic mass is 32.2. The molecular formula is C25H20F3N3O4S2. The first-order valence-electron chi connectivity index (χ1n) is 11.2. The number of nitrogens with zero attached hydrogens (tertiary/aromatic N) is 2. The number of hydrogen-bond acceptors (Lipinski definition) is 6. The Morgan fingerprint density at radius 2 is 1.65 bits per heavy atom. The van der Waals surface area contributed by atoms with Gasteiger partial charge in [0.1, 0.15) is 11.8 Å². The van der Waals surface area contributed by atoms with Crippen LogP contribution in [0.15, 0.2) is 64.4 Å². The van der Waals surface area contributed by atoms with Crippen molar-refractivity contribution >= 4 is 52.2 Å². The molecule has 0 saturated carbocycles. The second-order valence-electron chi connectivity index (χ2n) is 9.27. The minimum absolute atomic E-state index is 0.363. The number of hydrogen-bond donors (Lipinski definition) is 1. The van der Waals surface area contributed by atoms with Crippen molar-refractivity contribution in [3.8, 4) is 0 Å². The van der Waals surface area contributed by atoms with Gasteiger partial charge in [0, 0.05) is 10.3 Å². The van der Waals surface area contributed by atoms with Gasteiger partial charge in [-0.25, -0.2) is 4.90 Å². The lowest BCUT2D eigenvalue weighted by Crippen LogP contribution is -2.42. The highest BCUT2D eigenvalue weighted by molar-refractivity contribution is 8.00. The molecule has 0 unspecified atom stereocenters. The minimum Gasteiger partial charge on any atom is -0.324 e. The van der Waals surface area contributed by atoms with E-state index >= 15 is 0 Å². The molecule has 2 aliphatic rings. The van der Waals surface area contributed by atoms with Gasteiger partial charge in [0.25, 0.3) is 0 Å². The second kappa shape index (κ2) is 8.88. The van der Waals surface area contributed by atoms with Gasteiger partial charge in [-0.2, -0.15) is 13.2 Å². The molecule has 0 bridgehead atoms. The number of imide groups is 1. The highest BCUT2D eigenvalue weighted by Crippen LogP contribution is 2.54. The SMILES string of the molecule is CC1(C)c2sc(=O)n(CC(=O)Nc3ccccc3C(F)(F)F)c2S[C@@H]2C(=O)N(c3ccccc3)C(=O)[C@@H]21. The molecule has 1 saturated heterocycles. The Bertz CT molecular complexity index is 1480. The molecule has 3 aromatic rings. The number of fused-ring (bicyclic) bond motifs is 2. The summed E-state index contributed by atoms with van der Waals surface area (Å²) in [6, 6.07) is 13.1. The lowest BCUT2D eigenvalue weighted by atomic mass is 9.76. The Balaban J connectivity index is 1.46. The summed E-state index contributed by atoms with van der Waals surface area (Å²) in [5, 5.41) is 1.80. The van der Waals surface area contributed by atoms with Crippen LogP contribution in [-0.4, -0.2) is 27.5 Å². The van der Waals surface area contributed by atoms with Crippen LogP contribution in [0, 0.1) is 5.92 Å². The number of thioether (sulfide) groups is 1. The van der Waals surface area contributed by atoms with Gasteiger partial charge < -0.3 is 5.32 Å². The Labute approximate surface area is 217 Å². The summed E-state index contributed by atoms with van der Waals surface area (Å²) >= 11 is 1.92. The maximum Gasteiger partial charge on any atom is 0.418 e. The minimum atomic E-state index is -4.67. The van der Waals surface area contributed by atoms with E-state index in [0.717, 1.165) is 44.7 Å². The number of aromatic nitrogens is 1. The maximum absolute atomic E-state index is 13.4. The zero-order valence-electron chi connectivity index (χ0n) is 19.5. The molecule has 7 nitrogen and oxygen atoms in total. The van der Waals surface area contributed by atoms with Gasteiger partial charge in [-0.15, -0.1) is 0 Å². The molecule has 0 spiro atoms. The Morgan fingerprint density at radius 1 is 1.00 bits per heavy atom. The summed E-state index contributed by atoms with van der Waals surface area (Å²) in [5.41, 5.74) is -1.86. The van der Waals surface area contributed by atoms with Gasteiger partial charge >= 0.3 is 11.0 Å². The summed E-state index contributed by atoms with van der Waals surface area (Å²) < 4.78 is 41.1. The normalized spacial score (nSPS) is 20.5. The molecule has 0 radical (unpaired) electrons. The van der Waals surface area contributed by atoms with Crippen molar-refractivity contribution in [1.82, 2.24) is 4.57 Å². The Hall–Kier alpha value is -3.38. The first kappa shape index (κ1) is 25.3. The van der Waals surface area contributed by atoms with Crippen LogP contribution in [0.2, 0.25) is 0 Å². The van der Waals surface area contributed by atoms with E-state index in [1.54, 1.807) is 44.2 Å². The highest BCUT2D eigenvalue weighted by Gasteiger charge is 2.59. The standard InChI is InChI=1S/C25H20F3N3O4S2/c1-24(2)17-18(21(34)31(20(17)33)13-8-4-3-5-9-13)36-22-19(24)37-23(35)30(22)12-16(32)29-15-11-7-6-10-14(15)25(26,27)28/h3-11,17-18H,12H2,1-2H3,(H,29,32)/t17-,18+/m1/s1. The van der Waals surface area contributed by atoms with E-state index in [4.69, 9.17) is 0 Å². The molecule has 192 valence electrons. The van der Waals surface area contributed by atoms with Crippen LogP contribution in [0.25, 0.3) is 0 Å². The predicted octanol–water partition coefficient (Wildman–Crippen LogP) is 4.51. The fourth-order valence-corrected chi connectivity index (χ4v) is 7.81. The van der Waals surface area contributed by atoms with Crippen LogP contribution in [0.4, 0.5) is 24.5 Å². The molecule has 0 aliphatic carbocycles. The topological polar surface area (TPSA) is 88.5 Å². The molecule has 2 atom stereocenters. The number of carbonyl (C=O) groups excluding carboxylic acids is 3. The molecule has 3 amide bonds. The van der Waals surface area contributed by atoms with E-state index in [9.17, 15) is 32.3 Å².